The van der Waals surface area contributed by atoms with E-state index < -0.39 is 0 Å². The van der Waals surface area contributed by atoms with Gasteiger partial charge in [0.1, 0.15) is 5.75 Å². The highest BCUT2D eigenvalue weighted by atomic mass is 35.5. The molecule has 23 heavy (non-hydrogen) atoms. The van der Waals surface area contributed by atoms with Crippen molar-refractivity contribution in [3.63, 3.8) is 0 Å². The van der Waals surface area contributed by atoms with Gasteiger partial charge in [0.05, 0.1) is 19.3 Å². The summed E-state index contributed by atoms with van der Waals surface area (Å²) in [4.78, 5) is 14.4. The highest BCUT2D eigenvalue weighted by Gasteiger charge is 2.13. The van der Waals surface area contributed by atoms with E-state index in [1.54, 1.807) is 13.2 Å². The summed E-state index contributed by atoms with van der Waals surface area (Å²) in [5, 5.41) is 3.51. The molecule has 0 fully saturated rings. The summed E-state index contributed by atoms with van der Waals surface area (Å²) < 4.78 is 5.29. The number of halogens is 1. The number of benzene rings is 2. The van der Waals surface area contributed by atoms with Gasteiger partial charge in [-0.25, -0.2) is 0 Å². The molecule has 2 aromatic carbocycles. The fraction of sp³-hybridized carbons (Fsp3) is 0.278. The molecule has 0 spiro atoms. The molecule has 5 heteroatoms. The van der Waals surface area contributed by atoms with E-state index in [2.05, 4.69) is 5.32 Å². The molecule has 4 nitrogen and oxygen atoms in total. The summed E-state index contributed by atoms with van der Waals surface area (Å²) in [7, 11) is 1.55. The molecule has 2 rings (SSSR count). The molecule has 0 saturated carbocycles. The van der Waals surface area contributed by atoms with Crippen LogP contribution in [0.25, 0.3) is 0 Å². The number of rotatable bonds is 6. The molecule has 0 unspecified atom stereocenters. The molecule has 1 N–H and O–H groups in total. The van der Waals surface area contributed by atoms with Crippen LogP contribution in [0.15, 0.2) is 42.5 Å². The van der Waals surface area contributed by atoms with Crippen molar-refractivity contribution >= 4 is 28.9 Å². The van der Waals surface area contributed by atoms with Gasteiger partial charge in [-0.05, 0) is 37.6 Å². The van der Waals surface area contributed by atoms with Gasteiger partial charge in [-0.3, -0.25) is 4.79 Å². The summed E-state index contributed by atoms with van der Waals surface area (Å²) in [6.07, 6.45) is 0. The van der Waals surface area contributed by atoms with E-state index in [4.69, 9.17) is 16.3 Å². The number of nitrogens with zero attached hydrogens (tertiary/aromatic N) is 1. The first-order valence-electron chi connectivity index (χ1n) is 7.49. The van der Waals surface area contributed by atoms with Gasteiger partial charge >= 0.3 is 0 Å². The number of ether oxygens (including phenoxy) is 1. The van der Waals surface area contributed by atoms with E-state index in [1.807, 2.05) is 55.1 Å². The molecule has 0 bridgehead atoms. The molecular weight excluding hydrogens is 312 g/mol. The van der Waals surface area contributed by atoms with E-state index in [-0.39, 0.29) is 12.5 Å². The van der Waals surface area contributed by atoms with Crippen molar-refractivity contribution < 1.29 is 9.53 Å². The standard InChI is InChI=1S/C18H21ClN2O2/c1-4-21(14-8-6-5-7-9-14)12-18(22)20-16-10-13(2)15(19)11-17(16)23-3/h5-11H,4,12H2,1-3H3,(H,20,22). The molecule has 0 aliphatic heterocycles. The van der Waals surface area contributed by atoms with Crippen molar-refractivity contribution in [2.75, 3.05) is 30.4 Å². The van der Waals surface area contributed by atoms with Gasteiger partial charge < -0.3 is 15.0 Å². The van der Waals surface area contributed by atoms with Crippen molar-refractivity contribution in [2.24, 2.45) is 0 Å². The van der Waals surface area contributed by atoms with E-state index in [0.29, 0.717) is 16.5 Å². The molecule has 0 saturated heterocycles. The average molecular weight is 333 g/mol. The quantitative estimate of drug-likeness (QED) is 0.865. The maximum Gasteiger partial charge on any atom is 0.243 e. The lowest BCUT2D eigenvalue weighted by molar-refractivity contribution is -0.115. The van der Waals surface area contributed by atoms with E-state index in [0.717, 1.165) is 17.8 Å². The van der Waals surface area contributed by atoms with Gasteiger partial charge in [-0.1, -0.05) is 29.8 Å². The number of aryl methyl sites for hydroxylation is 1. The Morgan fingerprint density at radius 1 is 1.26 bits per heavy atom. The number of methoxy groups -OCH3 is 1. The van der Waals surface area contributed by atoms with Crippen LogP contribution in [0, 0.1) is 6.92 Å². The Hall–Kier alpha value is -2.20. The molecule has 0 aliphatic carbocycles. The first-order valence-corrected chi connectivity index (χ1v) is 7.87. The number of carbonyl (C=O) groups is 1. The van der Waals surface area contributed by atoms with Crippen LogP contribution in [0.5, 0.6) is 5.75 Å². The van der Waals surface area contributed by atoms with Crippen LogP contribution in [0.1, 0.15) is 12.5 Å². The third-order valence-electron chi connectivity index (χ3n) is 3.59. The normalized spacial score (nSPS) is 10.3. The van der Waals surface area contributed by atoms with Crippen LogP contribution in [0.2, 0.25) is 5.02 Å². The summed E-state index contributed by atoms with van der Waals surface area (Å²) in [5.74, 6) is 0.451. The lowest BCUT2D eigenvalue weighted by Gasteiger charge is -2.22. The summed E-state index contributed by atoms with van der Waals surface area (Å²) >= 11 is 6.09. The maximum atomic E-state index is 12.4. The second-order valence-corrected chi connectivity index (χ2v) is 5.61. The second-order valence-electron chi connectivity index (χ2n) is 5.20. The van der Waals surface area contributed by atoms with Crippen LogP contribution in [-0.2, 0) is 4.79 Å². The molecule has 0 atom stereocenters. The van der Waals surface area contributed by atoms with Gasteiger partial charge in [0, 0.05) is 23.3 Å². The molecule has 122 valence electrons. The highest BCUT2D eigenvalue weighted by molar-refractivity contribution is 6.31. The topological polar surface area (TPSA) is 41.6 Å². The third-order valence-corrected chi connectivity index (χ3v) is 4.00. The van der Waals surface area contributed by atoms with Crippen LogP contribution in [0.3, 0.4) is 0 Å². The number of para-hydroxylation sites is 1. The molecule has 2 aromatic rings. The van der Waals surface area contributed by atoms with Crippen LogP contribution in [-0.4, -0.2) is 26.1 Å². The van der Waals surface area contributed by atoms with Gasteiger partial charge in [-0.2, -0.15) is 0 Å². The molecule has 0 radical (unpaired) electrons. The van der Waals surface area contributed by atoms with Gasteiger partial charge in [0.2, 0.25) is 5.91 Å². The summed E-state index contributed by atoms with van der Waals surface area (Å²) in [6.45, 7) is 4.92. The minimum absolute atomic E-state index is 0.101. The number of amides is 1. The third kappa shape index (κ3) is 4.39. The lowest BCUT2D eigenvalue weighted by atomic mass is 10.2. The van der Waals surface area contributed by atoms with Crippen LogP contribution >= 0.6 is 11.6 Å². The Morgan fingerprint density at radius 3 is 2.57 bits per heavy atom. The van der Waals surface area contributed by atoms with Crippen molar-refractivity contribution in [3.05, 3.63) is 53.1 Å². The van der Waals surface area contributed by atoms with Crippen LogP contribution < -0.4 is 15.0 Å². The van der Waals surface area contributed by atoms with Crippen molar-refractivity contribution in [2.45, 2.75) is 13.8 Å². The van der Waals surface area contributed by atoms with Gasteiger partial charge in [0.25, 0.3) is 0 Å². The number of nitrogens with one attached hydrogen (secondary N) is 1. The predicted octanol–water partition coefficient (Wildman–Crippen LogP) is 4.12. The van der Waals surface area contributed by atoms with Crippen LogP contribution in [0.4, 0.5) is 11.4 Å². The minimum atomic E-state index is -0.101. The fourth-order valence-corrected chi connectivity index (χ4v) is 2.47. The van der Waals surface area contributed by atoms with Gasteiger partial charge in [-0.15, -0.1) is 0 Å². The van der Waals surface area contributed by atoms with Gasteiger partial charge in [0.15, 0.2) is 0 Å². The van der Waals surface area contributed by atoms with Crippen molar-refractivity contribution in [3.8, 4) is 5.75 Å². The number of likely N-dealkylation sites (N-methyl/N-ethyl adjacent to an activating group) is 1. The minimum Gasteiger partial charge on any atom is -0.495 e. The Bertz CT molecular complexity index is 674. The summed E-state index contributed by atoms with van der Waals surface area (Å²) in [5.41, 5.74) is 2.53. The molecule has 0 aromatic heterocycles. The molecule has 0 aliphatic rings. The Labute approximate surface area is 142 Å². The molecule has 0 heterocycles. The van der Waals surface area contributed by atoms with Crippen molar-refractivity contribution in [1.82, 2.24) is 0 Å². The molecular formula is C18H21ClN2O2. The first-order chi connectivity index (χ1) is 11.0. The zero-order valence-corrected chi connectivity index (χ0v) is 14.4. The SMILES string of the molecule is CCN(CC(=O)Nc1cc(C)c(Cl)cc1OC)c1ccccc1. The number of hydrogen-bond donors (Lipinski definition) is 1. The Balaban J connectivity index is 2.11. The monoisotopic (exact) mass is 332 g/mol. The zero-order valence-electron chi connectivity index (χ0n) is 13.6. The van der Waals surface area contributed by atoms with Crippen molar-refractivity contribution in [1.29, 1.82) is 0 Å². The number of anilines is 2. The van der Waals surface area contributed by atoms with E-state index in [9.17, 15) is 4.79 Å². The number of carbonyl (C=O) groups excluding carboxylic acids is 1. The fourth-order valence-electron chi connectivity index (χ4n) is 2.32. The Morgan fingerprint density at radius 2 is 1.96 bits per heavy atom. The van der Waals surface area contributed by atoms with E-state index in [1.165, 1.54) is 0 Å². The first kappa shape index (κ1) is 17.2. The van der Waals surface area contributed by atoms with E-state index >= 15 is 0 Å². The zero-order chi connectivity index (χ0) is 16.8. The summed E-state index contributed by atoms with van der Waals surface area (Å²) in [6, 6.07) is 13.4. The number of hydrogen-bond acceptors (Lipinski definition) is 3. The lowest BCUT2D eigenvalue weighted by Crippen LogP contribution is -2.33. The highest BCUT2D eigenvalue weighted by Crippen LogP contribution is 2.30. The molecule has 1 amide bonds. The second kappa shape index (κ2) is 7.88. The maximum absolute atomic E-state index is 12.4. The Kier molecular flexibility index (Phi) is 5.88. The largest absolute Gasteiger partial charge is 0.495 e. The predicted molar refractivity (Wildman–Crippen MR) is 95.7 cm³/mol. The average Bonchev–Trinajstić information content (AvgIpc) is 2.56. The smallest absolute Gasteiger partial charge is 0.243 e.